The van der Waals surface area contributed by atoms with Crippen LogP contribution in [0.25, 0.3) is 0 Å². The van der Waals surface area contributed by atoms with Gasteiger partial charge < -0.3 is 15.0 Å². The summed E-state index contributed by atoms with van der Waals surface area (Å²) in [5.74, 6) is 0.820. The van der Waals surface area contributed by atoms with E-state index in [2.05, 4.69) is 5.32 Å². The molecule has 1 saturated heterocycles. The molecule has 1 aliphatic rings. The zero-order valence-corrected chi connectivity index (χ0v) is 15.0. The van der Waals surface area contributed by atoms with E-state index in [9.17, 15) is 9.59 Å². The molecule has 0 spiro atoms. The van der Waals surface area contributed by atoms with Gasteiger partial charge in [-0.05, 0) is 61.7 Å². The second-order valence-corrected chi connectivity index (χ2v) is 6.31. The molecule has 1 heterocycles. The molecule has 1 aliphatic heterocycles. The lowest BCUT2D eigenvalue weighted by Gasteiger charge is -2.26. The molecule has 2 amide bonds. The maximum atomic E-state index is 12.4. The Hall–Kier alpha value is -2.82. The van der Waals surface area contributed by atoms with Gasteiger partial charge in [0.25, 0.3) is 5.91 Å². The van der Waals surface area contributed by atoms with Crippen LogP contribution >= 0.6 is 0 Å². The van der Waals surface area contributed by atoms with E-state index < -0.39 is 0 Å². The Morgan fingerprint density at radius 3 is 2.69 bits per heavy atom. The molecule has 5 nitrogen and oxygen atoms in total. The molecule has 0 aliphatic carbocycles. The van der Waals surface area contributed by atoms with Gasteiger partial charge in [0, 0.05) is 30.8 Å². The smallest absolute Gasteiger partial charge is 0.251 e. The number of nitrogens with zero attached hydrogens (tertiary/aromatic N) is 1. The highest BCUT2D eigenvalue weighted by Crippen LogP contribution is 2.21. The third-order valence-corrected chi connectivity index (χ3v) is 4.43. The largest absolute Gasteiger partial charge is 0.494 e. The van der Waals surface area contributed by atoms with Crippen LogP contribution in [0.4, 0.5) is 5.69 Å². The second-order valence-electron chi connectivity index (χ2n) is 6.31. The minimum atomic E-state index is -0.136. The predicted molar refractivity (Wildman–Crippen MR) is 101 cm³/mol. The number of hydrogen-bond donors (Lipinski definition) is 1. The van der Waals surface area contributed by atoms with Crippen molar-refractivity contribution in [3.63, 3.8) is 0 Å². The molecular weight excluding hydrogens is 328 g/mol. The van der Waals surface area contributed by atoms with Crippen LogP contribution < -0.4 is 15.0 Å². The predicted octanol–water partition coefficient (Wildman–Crippen LogP) is 3.53. The highest BCUT2D eigenvalue weighted by molar-refractivity contribution is 5.96. The van der Waals surface area contributed by atoms with Crippen molar-refractivity contribution in [2.24, 2.45) is 0 Å². The van der Waals surface area contributed by atoms with E-state index in [0.717, 1.165) is 36.4 Å². The molecule has 0 aromatic heterocycles. The topological polar surface area (TPSA) is 58.6 Å². The van der Waals surface area contributed by atoms with Gasteiger partial charge in [0.15, 0.2) is 0 Å². The standard InChI is InChI=1S/C21H24N2O3/c1-2-26-19-7-5-6-16(14-19)15-22-21(25)17-9-11-18(12-10-17)23-13-4-3-8-20(23)24/h5-7,9-12,14H,2-4,8,13,15H2,1H3,(H,22,25). The van der Waals surface area contributed by atoms with Gasteiger partial charge in [0.1, 0.15) is 5.75 Å². The molecule has 136 valence electrons. The van der Waals surface area contributed by atoms with Gasteiger partial charge in [0.2, 0.25) is 5.91 Å². The number of nitrogens with one attached hydrogen (secondary N) is 1. The molecule has 0 radical (unpaired) electrons. The SMILES string of the molecule is CCOc1cccc(CNC(=O)c2ccc(N3CCCCC3=O)cc2)c1. The number of hydrogen-bond acceptors (Lipinski definition) is 3. The van der Waals surface area contributed by atoms with Crippen molar-refractivity contribution in [1.82, 2.24) is 5.32 Å². The van der Waals surface area contributed by atoms with Crippen LogP contribution in [0.3, 0.4) is 0 Å². The van der Waals surface area contributed by atoms with Crippen molar-refractivity contribution in [1.29, 1.82) is 0 Å². The molecule has 2 aromatic carbocycles. The van der Waals surface area contributed by atoms with Crippen molar-refractivity contribution in [2.75, 3.05) is 18.1 Å². The molecule has 2 aromatic rings. The second kappa shape index (κ2) is 8.52. The minimum absolute atomic E-state index is 0.136. The molecule has 0 saturated carbocycles. The zero-order valence-electron chi connectivity index (χ0n) is 15.0. The van der Waals surface area contributed by atoms with Gasteiger partial charge in [-0.1, -0.05) is 12.1 Å². The number of anilines is 1. The summed E-state index contributed by atoms with van der Waals surface area (Å²) in [6, 6.07) is 14.9. The maximum Gasteiger partial charge on any atom is 0.251 e. The van der Waals surface area contributed by atoms with E-state index in [-0.39, 0.29) is 11.8 Å². The van der Waals surface area contributed by atoms with Crippen LogP contribution in [0.2, 0.25) is 0 Å². The van der Waals surface area contributed by atoms with Crippen LogP contribution in [0.5, 0.6) is 5.75 Å². The lowest BCUT2D eigenvalue weighted by Crippen LogP contribution is -2.35. The molecular formula is C21H24N2O3. The number of piperidine rings is 1. The fraction of sp³-hybridized carbons (Fsp3) is 0.333. The fourth-order valence-corrected chi connectivity index (χ4v) is 3.07. The van der Waals surface area contributed by atoms with Crippen molar-refractivity contribution in [3.8, 4) is 5.75 Å². The summed E-state index contributed by atoms with van der Waals surface area (Å²) in [5, 5.41) is 2.92. The van der Waals surface area contributed by atoms with E-state index in [0.29, 0.717) is 25.1 Å². The van der Waals surface area contributed by atoms with E-state index >= 15 is 0 Å². The summed E-state index contributed by atoms with van der Waals surface area (Å²) >= 11 is 0. The third-order valence-electron chi connectivity index (χ3n) is 4.43. The molecule has 1 N–H and O–H groups in total. The van der Waals surface area contributed by atoms with Gasteiger partial charge in [-0.25, -0.2) is 0 Å². The van der Waals surface area contributed by atoms with Crippen molar-refractivity contribution in [3.05, 3.63) is 59.7 Å². The van der Waals surface area contributed by atoms with Gasteiger partial charge in [-0.2, -0.15) is 0 Å². The quantitative estimate of drug-likeness (QED) is 0.865. The van der Waals surface area contributed by atoms with Gasteiger partial charge in [-0.15, -0.1) is 0 Å². The van der Waals surface area contributed by atoms with Crippen LogP contribution in [-0.2, 0) is 11.3 Å². The van der Waals surface area contributed by atoms with Crippen molar-refractivity contribution >= 4 is 17.5 Å². The molecule has 1 fully saturated rings. The first kappa shape index (κ1) is 18.0. The molecule has 3 rings (SSSR count). The number of carbonyl (C=O) groups excluding carboxylic acids is 2. The highest BCUT2D eigenvalue weighted by Gasteiger charge is 2.19. The Kier molecular flexibility index (Phi) is 5.89. The number of rotatable bonds is 6. The van der Waals surface area contributed by atoms with E-state index in [1.807, 2.05) is 43.3 Å². The molecule has 0 bridgehead atoms. The summed E-state index contributed by atoms with van der Waals surface area (Å²) in [7, 11) is 0. The van der Waals surface area contributed by atoms with Crippen LogP contribution in [0, 0.1) is 0 Å². The Bertz CT molecular complexity index is 771. The summed E-state index contributed by atoms with van der Waals surface area (Å²) in [5.41, 5.74) is 2.43. The third kappa shape index (κ3) is 4.42. The van der Waals surface area contributed by atoms with Gasteiger partial charge >= 0.3 is 0 Å². The maximum absolute atomic E-state index is 12.4. The minimum Gasteiger partial charge on any atom is -0.494 e. The van der Waals surface area contributed by atoms with Crippen molar-refractivity contribution < 1.29 is 14.3 Å². The first-order chi connectivity index (χ1) is 12.7. The van der Waals surface area contributed by atoms with Crippen LogP contribution in [-0.4, -0.2) is 25.0 Å². The van der Waals surface area contributed by atoms with Crippen LogP contribution in [0.1, 0.15) is 42.1 Å². The summed E-state index contributed by atoms with van der Waals surface area (Å²) in [4.78, 5) is 26.1. The number of ether oxygens (including phenoxy) is 1. The van der Waals surface area contributed by atoms with E-state index in [4.69, 9.17) is 4.74 Å². The average molecular weight is 352 g/mol. The number of amides is 2. The van der Waals surface area contributed by atoms with E-state index in [1.165, 1.54) is 0 Å². The first-order valence-electron chi connectivity index (χ1n) is 9.07. The monoisotopic (exact) mass is 352 g/mol. The molecule has 5 heteroatoms. The normalized spacial score (nSPS) is 14.2. The highest BCUT2D eigenvalue weighted by atomic mass is 16.5. The zero-order chi connectivity index (χ0) is 18.4. The molecule has 0 atom stereocenters. The number of carbonyl (C=O) groups is 2. The van der Waals surface area contributed by atoms with Gasteiger partial charge in [-0.3, -0.25) is 9.59 Å². The Morgan fingerprint density at radius 1 is 1.15 bits per heavy atom. The first-order valence-corrected chi connectivity index (χ1v) is 9.07. The lowest BCUT2D eigenvalue weighted by atomic mass is 10.1. The Balaban J connectivity index is 1.59. The Labute approximate surface area is 154 Å². The fourth-order valence-electron chi connectivity index (χ4n) is 3.07. The van der Waals surface area contributed by atoms with Crippen LogP contribution in [0.15, 0.2) is 48.5 Å². The summed E-state index contributed by atoms with van der Waals surface area (Å²) in [6.07, 6.45) is 2.58. The van der Waals surface area contributed by atoms with Crippen molar-refractivity contribution in [2.45, 2.75) is 32.7 Å². The Morgan fingerprint density at radius 2 is 1.96 bits per heavy atom. The summed E-state index contributed by atoms with van der Waals surface area (Å²) in [6.45, 7) is 3.74. The summed E-state index contributed by atoms with van der Waals surface area (Å²) < 4.78 is 5.47. The number of benzene rings is 2. The molecule has 0 unspecified atom stereocenters. The van der Waals surface area contributed by atoms with E-state index in [1.54, 1.807) is 17.0 Å². The molecule has 26 heavy (non-hydrogen) atoms. The van der Waals surface area contributed by atoms with Gasteiger partial charge in [0.05, 0.1) is 6.61 Å². The average Bonchev–Trinajstić information content (AvgIpc) is 2.67. The lowest BCUT2D eigenvalue weighted by molar-refractivity contribution is -0.119.